The molecule has 0 aliphatic rings. The molecule has 0 unspecified atom stereocenters. The summed E-state index contributed by atoms with van der Waals surface area (Å²) in [5.41, 5.74) is 0. The van der Waals surface area contributed by atoms with Crippen molar-refractivity contribution < 1.29 is 0 Å². The molecule has 0 heterocycles. The standard InChI is InChI=1S/C11H24S2/c1-10(2)6-5-8-12-13-9-7-11(3)4/h10-11H,5-9H2,1-4H3. The molecule has 0 aliphatic heterocycles. The maximum absolute atomic E-state index is 2.30. The molecule has 0 aromatic carbocycles. The quantitative estimate of drug-likeness (QED) is 0.423. The maximum Gasteiger partial charge on any atom is 0.00393 e. The van der Waals surface area contributed by atoms with Gasteiger partial charge >= 0.3 is 0 Å². The molecule has 0 rings (SSSR count). The number of hydrogen-bond donors (Lipinski definition) is 0. The molecular formula is C11H24S2. The highest BCUT2D eigenvalue weighted by Crippen LogP contribution is 2.25. The number of hydrogen-bond acceptors (Lipinski definition) is 2. The molecule has 0 aromatic rings. The van der Waals surface area contributed by atoms with Crippen molar-refractivity contribution in [3.05, 3.63) is 0 Å². The summed E-state index contributed by atoms with van der Waals surface area (Å²) in [5.74, 6) is 4.40. The van der Waals surface area contributed by atoms with Gasteiger partial charge in [-0.3, -0.25) is 0 Å². The van der Waals surface area contributed by atoms with Crippen molar-refractivity contribution in [1.29, 1.82) is 0 Å². The number of rotatable bonds is 8. The lowest BCUT2D eigenvalue weighted by Gasteiger charge is -2.05. The van der Waals surface area contributed by atoms with Gasteiger partial charge in [-0.05, 0) is 24.7 Å². The van der Waals surface area contributed by atoms with E-state index >= 15 is 0 Å². The Morgan fingerprint density at radius 2 is 1.31 bits per heavy atom. The molecule has 2 heteroatoms. The van der Waals surface area contributed by atoms with Gasteiger partial charge in [0.25, 0.3) is 0 Å². The zero-order valence-corrected chi connectivity index (χ0v) is 11.1. The predicted octanol–water partition coefficient (Wildman–Crippen LogP) is 4.85. The van der Waals surface area contributed by atoms with E-state index < -0.39 is 0 Å². The van der Waals surface area contributed by atoms with Gasteiger partial charge in [-0.25, -0.2) is 0 Å². The lowest BCUT2D eigenvalue weighted by molar-refractivity contribution is 0.579. The Hall–Kier alpha value is 0.700. The maximum atomic E-state index is 2.30. The Labute approximate surface area is 92.0 Å². The summed E-state index contributed by atoms with van der Waals surface area (Å²) in [6.45, 7) is 9.20. The molecule has 0 nitrogen and oxygen atoms in total. The average Bonchev–Trinajstić information content (AvgIpc) is 2.01. The third kappa shape index (κ3) is 12.7. The van der Waals surface area contributed by atoms with Gasteiger partial charge in [0.15, 0.2) is 0 Å². The van der Waals surface area contributed by atoms with Crippen molar-refractivity contribution in [2.45, 2.75) is 47.0 Å². The lowest BCUT2D eigenvalue weighted by atomic mass is 10.1. The molecule has 0 radical (unpaired) electrons. The van der Waals surface area contributed by atoms with Crippen molar-refractivity contribution in [3.63, 3.8) is 0 Å². The predicted molar refractivity (Wildman–Crippen MR) is 68.4 cm³/mol. The van der Waals surface area contributed by atoms with Crippen molar-refractivity contribution in [1.82, 2.24) is 0 Å². The normalized spacial score (nSPS) is 11.5. The molecule has 0 aromatic heterocycles. The Kier molecular flexibility index (Phi) is 9.76. The van der Waals surface area contributed by atoms with E-state index in [1.807, 2.05) is 10.8 Å². The smallest absolute Gasteiger partial charge is 0.00393 e. The molecule has 0 aliphatic carbocycles. The second-order valence-electron chi connectivity index (χ2n) is 4.36. The summed E-state index contributed by atoms with van der Waals surface area (Å²) in [6.07, 6.45) is 4.14. The molecule has 0 saturated carbocycles. The first-order valence-corrected chi connectivity index (χ1v) is 7.86. The van der Waals surface area contributed by atoms with Crippen LogP contribution in [0.1, 0.15) is 47.0 Å². The zero-order chi connectivity index (χ0) is 10.1. The molecular weight excluding hydrogens is 196 g/mol. The highest BCUT2D eigenvalue weighted by Gasteiger charge is 1.96. The van der Waals surface area contributed by atoms with Crippen LogP contribution >= 0.6 is 21.6 Å². The van der Waals surface area contributed by atoms with Crippen molar-refractivity contribution in [3.8, 4) is 0 Å². The van der Waals surface area contributed by atoms with E-state index in [4.69, 9.17) is 0 Å². The van der Waals surface area contributed by atoms with Crippen LogP contribution in [0.3, 0.4) is 0 Å². The highest BCUT2D eigenvalue weighted by atomic mass is 33.1. The Bertz CT molecular complexity index is 88.3. The van der Waals surface area contributed by atoms with Crippen molar-refractivity contribution in [2.75, 3.05) is 11.5 Å². The van der Waals surface area contributed by atoms with E-state index in [9.17, 15) is 0 Å². The molecule has 0 spiro atoms. The van der Waals surface area contributed by atoms with Crippen LogP contribution in [0.4, 0.5) is 0 Å². The first kappa shape index (κ1) is 13.7. The molecule has 0 N–H and O–H groups in total. The van der Waals surface area contributed by atoms with Crippen molar-refractivity contribution in [2.24, 2.45) is 11.8 Å². The van der Waals surface area contributed by atoms with E-state index in [1.54, 1.807) is 0 Å². The van der Waals surface area contributed by atoms with E-state index in [-0.39, 0.29) is 0 Å². The summed E-state index contributed by atoms with van der Waals surface area (Å²) in [5, 5.41) is 0. The Balaban J connectivity index is 2.92. The fourth-order valence-corrected chi connectivity index (χ4v) is 3.39. The van der Waals surface area contributed by atoms with Gasteiger partial charge in [0, 0.05) is 11.5 Å². The second-order valence-corrected chi connectivity index (χ2v) is 7.06. The highest BCUT2D eigenvalue weighted by molar-refractivity contribution is 8.76. The van der Waals surface area contributed by atoms with Crippen LogP contribution in [0.2, 0.25) is 0 Å². The Morgan fingerprint density at radius 3 is 1.85 bits per heavy atom. The summed E-state index contributed by atoms with van der Waals surface area (Å²) in [6, 6.07) is 0. The SMILES string of the molecule is CC(C)CCCSSCCC(C)C. The third-order valence-corrected chi connectivity index (χ3v) is 4.40. The van der Waals surface area contributed by atoms with Crippen LogP contribution in [0, 0.1) is 11.8 Å². The van der Waals surface area contributed by atoms with Crippen molar-refractivity contribution >= 4 is 21.6 Å². The minimum atomic E-state index is 0.865. The van der Waals surface area contributed by atoms with Crippen LogP contribution in [0.5, 0.6) is 0 Å². The topological polar surface area (TPSA) is 0 Å². The molecule has 80 valence electrons. The van der Waals surface area contributed by atoms with Gasteiger partial charge in [-0.15, -0.1) is 0 Å². The second kappa shape index (κ2) is 9.26. The molecule has 0 atom stereocenters. The molecule has 0 fully saturated rings. The van der Waals surface area contributed by atoms with E-state index in [0.29, 0.717) is 0 Å². The summed E-state index contributed by atoms with van der Waals surface area (Å²) >= 11 is 0. The first-order valence-electron chi connectivity index (χ1n) is 5.37. The third-order valence-electron chi connectivity index (χ3n) is 1.87. The molecule has 0 amide bonds. The monoisotopic (exact) mass is 220 g/mol. The molecule has 13 heavy (non-hydrogen) atoms. The van der Waals surface area contributed by atoms with E-state index in [1.165, 1.54) is 30.8 Å². The Morgan fingerprint density at radius 1 is 0.769 bits per heavy atom. The largest absolute Gasteiger partial charge is 0.0942 e. The van der Waals surface area contributed by atoms with Gasteiger partial charge in [0.1, 0.15) is 0 Å². The van der Waals surface area contributed by atoms with Crippen LogP contribution < -0.4 is 0 Å². The average molecular weight is 220 g/mol. The van der Waals surface area contributed by atoms with Gasteiger partial charge in [0.05, 0.1) is 0 Å². The summed E-state index contributed by atoms with van der Waals surface area (Å²) in [7, 11) is 4.10. The minimum absolute atomic E-state index is 0.865. The molecule has 0 bridgehead atoms. The lowest BCUT2D eigenvalue weighted by Crippen LogP contribution is -1.89. The van der Waals surface area contributed by atoms with Crippen LogP contribution in [0.25, 0.3) is 0 Å². The minimum Gasteiger partial charge on any atom is -0.0942 e. The molecule has 0 saturated heterocycles. The summed E-state index contributed by atoms with van der Waals surface area (Å²) < 4.78 is 0. The van der Waals surface area contributed by atoms with E-state index in [2.05, 4.69) is 38.5 Å². The van der Waals surface area contributed by atoms with Gasteiger partial charge in [0.2, 0.25) is 0 Å². The fourth-order valence-electron chi connectivity index (χ4n) is 0.952. The zero-order valence-electron chi connectivity index (χ0n) is 9.51. The van der Waals surface area contributed by atoms with Gasteiger partial charge in [-0.1, -0.05) is 55.7 Å². The van der Waals surface area contributed by atoms with Gasteiger partial charge < -0.3 is 0 Å². The fraction of sp³-hybridized carbons (Fsp3) is 1.00. The van der Waals surface area contributed by atoms with Crippen LogP contribution in [-0.4, -0.2) is 11.5 Å². The van der Waals surface area contributed by atoms with E-state index in [0.717, 1.165) is 11.8 Å². The van der Waals surface area contributed by atoms with Gasteiger partial charge in [-0.2, -0.15) is 0 Å². The first-order chi connectivity index (χ1) is 6.13. The van der Waals surface area contributed by atoms with Crippen LogP contribution in [-0.2, 0) is 0 Å². The van der Waals surface area contributed by atoms with Crippen LogP contribution in [0.15, 0.2) is 0 Å². The summed E-state index contributed by atoms with van der Waals surface area (Å²) in [4.78, 5) is 0.